The van der Waals surface area contributed by atoms with Gasteiger partial charge in [0.25, 0.3) is 0 Å². The maximum absolute atomic E-state index is 12.3. The van der Waals surface area contributed by atoms with Gasteiger partial charge in [-0.25, -0.2) is 0 Å². The predicted molar refractivity (Wildman–Crippen MR) is 71.2 cm³/mol. The third kappa shape index (κ3) is 3.45. The van der Waals surface area contributed by atoms with Crippen molar-refractivity contribution in [2.24, 2.45) is 11.7 Å². The molecule has 0 bridgehead atoms. The number of hydrogen-bond donors (Lipinski definition) is 1. The molecule has 0 radical (unpaired) electrons. The highest BCUT2D eigenvalue weighted by molar-refractivity contribution is 5.76. The maximum Gasteiger partial charge on any atom is 0.223 e. The van der Waals surface area contributed by atoms with Crippen LogP contribution in [0.5, 0.6) is 0 Å². The van der Waals surface area contributed by atoms with Crippen LogP contribution in [-0.4, -0.2) is 42.1 Å². The summed E-state index contributed by atoms with van der Waals surface area (Å²) in [6.07, 6.45) is 5.73. The Balaban J connectivity index is 1.91. The van der Waals surface area contributed by atoms with Gasteiger partial charge in [-0.05, 0) is 32.6 Å². The summed E-state index contributed by atoms with van der Waals surface area (Å²) >= 11 is 0. The molecule has 1 aliphatic heterocycles. The van der Waals surface area contributed by atoms with Gasteiger partial charge >= 0.3 is 0 Å². The van der Waals surface area contributed by atoms with E-state index in [0.717, 1.165) is 0 Å². The highest BCUT2D eigenvalue weighted by atomic mass is 16.5. The van der Waals surface area contributed by atoms with Gasteiger partial charge in [-0.1, -0.05) is 12.8 Å². The lowest BCUT2D eigenvalue weighted by Gasteiger charge is -2.42. The Morgan fingerprint density at radius 1 is 1.39 bits per heavy atom. The fourth-order valence-electron chi connectivity index (χ4n) is 3.20. The van der Waals surface area contributed by atoms with E-state index in [9.17, 15) is 4.79 Å². The number of hydrogen-bond acceptors (Lipinski definition) is 3. The minimum atomic E-state index is -0.270. The van der Waals surface area contributed by atoms with Gasteiger partial charge in [0.2, 0.25) is 5.91 Å². The second-order valence-corrected chi connectivity index (χ2v) is 6.36. The standard InChI is InChI=1S/C14H26N2O2/c1-14(2)10-16(9-12(8-15)18-14)13(17)7-11-5-3-4-6-11/h11-12H,3-10,15H2,1-2H3. The third-order valence-electron chi connectivity index (χ3n) is 4.04. The summed E-state index contributed by atoms with van der Waals surface area (Å²) in [6.45, 7) is 5.90. The van der Waals surface area contributed by atoms with Crippen LogP contribution in [0.25, 0.3) is 0 Å². The molecular formula is C14H26N2O2. The summed E-state index contributed by atoms with van der Waals surface area (Å²) in [6, 6.07) is 0. The van der Waals surface area contributed by atoms with Crippen molar-refractivity contribution in [1.82, 2.24) is 4.90 Å². The second kappa shape index (κ2) is 5.57. The predicted octanol–water partition coefficient (Wildman–Crippen LogP) is 1.53. The summed E-state index contributed by atoms with van der Waals surface area (Å²) in [4.78, 5) is 14.3. The molecule has 0 aromatic heterocycles. The molecule has 1 heterocycles. The molecule has 18 heavy (non-hydrogen) atoms. The Morgan fingerprint density at radius 2 is 2.06 bits per heavy atom. The smallest absolute Gasteiger partial charge is 0.223 e. The first-order valence-electron chi connectivity index (χ1n) is 7.16. The Kier molecular flexibility index (Phi) is 4.28. The number of nitrogens with two attached hydrogens (primary N) is 1. The molecule has 1 atom stereocenters. The molecule has 4 heteroatoms. The summed E-state index contributed by atoms with van der Waals surface area (Å²) in [7, 11) is 0. The monoisotopic (exact) mass is 254 g/mol. The summed E-state index contributed by atoms with van der Waals surface area (Å²) in [5.41, 5.74) is 5.42. The molecular weight excluding hydrogens is 228 g/mol. The second-order valence-electron chi connectivity index (χ2n) is 6.36. The first kappa shape index (κ1) is 13.8. The zero-order chi connectivity index (χ0) is 13.2. The van der Waals surface area contributed by atoms with Crippen molar-refractivity contribution >= 4 is 5.91 Å². The normalized spacial score (nSPS) is 28.6. The number of carbonyl (C=O) groups excluding carboxylic acids is 1. The Hall–Kier alpha value is -0.610. The van der Waals surface area contributed by atoms with Crippen LogP contribution in [0.2, 0.25) is 0 Å². The van der Waals surface area contributed by atoms with Gasteiger partial charge in [-0.2, -0.15) is 0 Å². The van der Waals surface area contributed by atoms with Crippen molar-refractivity contribution in [3.05, 3.63) is 0 Å². The van der Waals surface area contributed by atoms with Crippen molar-refractivity contribution in [2.75, 3.05) is 19.6 Å². The van der Waals surface area contributed by atoms with Gasteiger partial charge in [-0.3, -0.25) is 4.79 Å². The van der Waals surface area contributed by atoms with Gasteiger partial charge in [0.15, 0.2) is 0 Å². The average Bonchev–Trinajstić information content (AvgIpc) is 2.79. The molecule has 1 amide bonds. The van der Waals surface area contributed by atoms with E-state index in [-0.39, 0.29) is 17.6 Å². The molecule has 1 unspecified atom stereocenters. The fraction of sp³-hybridized carbons (Fsp3) is 0.929. The Morgan fingerprint density at radius 3 is 2.67 bits per heavy atom. The molecule has 2 aliphatic rings. The van der Waals surface area contributed by atoms with E-state index in [0.29, 0.717) is 32.0 Å². The summed E-state index contributed by atoms with van der Waals surface area (Å²) < 4.78 is 5.85. The molecule has 0 aromatic rings. The number of ether oxygens (including phenoxy) is 1. The van der Waals surface area contributed by atoms with Gasteiger partial charge in [0.05, 0.1) is 11.7 Å². The molecule has 2 fully saturated rings. The maximum atomic E-state index is 12.3. The van der Waals surface area contributed by atoms with Crippen LogP contribution >= 0.6 is 0 Å². The highest BCUT2D eigenvalue weighted by Gasteiger charge is 2.35. The third-order valence-corrected chi connectivity index (χ3v) is 4.04. The lowest BCUT2D eigenvalue weighted by atomic mass is 10.0. The topological polar surface area (TPSA) is 55.6 Å². The van der Waals surface area contributed by atoms with Gasteiger partial charge in [0.1, 0.15) is 0 Å². The zero-order valence-corrected chi connectivity index (χ0v) is 11.7. The van der Waals surface area contributed by atoms with Crippen molar-refractivity contribution < 1.29 is 9.53 Å². The molecule has 2 rings (SSSR count). The van der Waals surface area contributed by atoms with E-state index >= 15 is 0 Å². The molecule has 1 saturated carbocycles. The van der Waals surface area contributed by atoms with Crippen LogP contribution in [-0.2, 0) is 9.53 Å². The number of morpholine rings is 1. The molecule has 1 saturated heterocycles. The van der Waals surface area contributed by atoms with Crippen LogP contribution in [0, 0.1) is 5.92 Å². The first-order chi connectivity index (χ1) is 8.50. The first-order valence-corrected chi connectivity index (χ1v) is 7.16. The van der Waals surface area contributed by atoms with Gasteiger partial charge in [-0.15, -0.1) is 0 Å². The lowest BCUT2D eigenvalue weighted by molar-refractivity contribution is -0.160. The zero-order valence-electron chi connectivity index (χ0n) is 11.7. The van der Waals surface area contributed by atoms with Gasteiger partial charge in [0, 0.05) is 26.1 Å². The van der Waals surface area contributed by atoms with Crippen LogP contribution in [0.1, 0.15) is 46.0 Å². The van der Waals surface area contributed by atoms with E-state index in [1.165, 1.54) is 25.7 Å². The van der Waals surface area contributed by atoms with Gasteiger partial charge < -0.3 is 15.4 Å². The number of amides is 1. The van der Waals surface area contributed by atoms with E-state index in [1.54, 1.807) is 0 Å². The van der Waals surface area contributed by atoms with Crippen molar-refractivity contribution in [2.45, 2.75) is 57.7 Å². The summed E-state index contributed by atoms with van der Waals surface area (Å²) in [5.74, 6) is 0.900. The van der Waals surface area contributed by atoms with Crippen molar-refractivity contribution in [1.29, 1.82) is 0 Å². The Labute approximate surface area is 110 Å². The minimum Gasteiger partial charge on any atom is -0.367 e. The fourth-order valence-corrected chi connectivity index (χ4v) is 3.20. The van der Waals surface area contributed by atoms with Crippen molar-refractivity contribution in [3.63, 3.8) is 0 Å². The van der Waals surface area contributed by atoms with E-state index in [4.69, 9.17) is 10.5 Å². The highest BCUT2D eigenvalue weighted by Crippen LogP contribution is 2.29. The quantitative estimate of drug-likeness (QED) is 0.831. The van der Waals surface area contributed by atoms with E-state index < -0.39 is 0 Å². The summed E-state index contributed by atoms with van der Waals surface area (Å²) in [5, 5.41) is 0. The molecule has 4 nitrogen and oxygen atoms in total. The molecule has 104 valence electrons. The van der Waals surface area contributed by atoms with E-state index in [2.05, 4.69) is 0 Å². The molecule has 2 N–H and O–H groups in total. The number of nitrogens with zero attached hydrogens (tertiary/aromatic N) is 1. The Bertz CT molecular complexity index is 298. The van der Waals surface area contributed by atoms with Crippen LogP contribution in [0.4, 0.5) is 0 Å². The van der Waals surface area contributed by atoms with Crippen LogP contribution < -0.4 is 5.73 Å². The number of rotatable bonds is 3. The minimum absolute atomic E-state index is 0.0127. The van der Waals surface area contributed by atoms with E-state index in [1.807, 2.05) is 18.7 Å². The van der Waals surface area contributed by atoms with Crippen molar-refractivity contribution in [3.8, 4) is 0 Å². The number of carbonyl (C=O) groups is 1. The average molecular weight is 254 g/mol. The molecule has 1 aliphatic carbocycles. The largest absolute Gasteiger partial charge is 0.367 e. The SMILES string of the molecule is CC1(C)CN(C(=O)CC2CCCC2)CC(CN)O1. The van der Waals surface area contributed by atoms with Crippen LogP contribution in [0.15, 0.2) is 0 Å². The lowest BCUT2D eigenvalue weighted by Crippen LogP contribution is -2.56. The molecule has 0 aromatic carbocycles. The van der Waals surface area contributed by atoms with Crippen LogP contribution in [0.3, 0.4) is 0 Å². The molecule has 0 spiro atoms.